The lowest BCUT2D eigenvalue weighted by atomic mass is 10.3. The second kappa shape index (κ2) is 5.64. The van der Waals surface area contributed by atoms with Gasteiger partial charge < -0.3 is 0 Å². The highest BCUT2D eigenvalue weighted by molar-refractivity contribution is 6.30. The van der Waals surface area contributed by atoms with Gasteiger partial charge in [-0.3, -0.25) is 0 Å². The minimum atomic E-state index is 0.583. The van der Waals surface area contributed by atoms with Gasteiger partial charge in [0.15, 0.2) is 0 Å². The third-order valence-electron chi connectivity index (χ3n) is 0.807. The Kier molecular flexibility index (Phi) is 5.34. The Hall–Kier alpha value is -0.490. The van der Waals surface area contributed by atoms with E-state index in [0.29, 0.717) is 5.03 Å². The molecule has 0 amide bonds. The van der Waals surface area contributed by atoms with E-state index in [1.807, 2.05) is 19.1 Å². The molecule has 0 heterocycles. The molecule has 0 aromatic heterocycles. The summed E-state index contributed by atoms with van der Waals surface area (Å²) in [6.07, 6.45) is 8.75. The first-order chi connectivity index (χ1) is 4.27. The van der Waals surface area contributed by atoms with Crippen LogP contribution in [0.5, 0.6) is 0 Å². The average Bonchev–Trinajstić information content (AvgIpc) is 1.80. The molecule has 9 heavy (non-hydrogen) atoms. The fraction of sp³-hybridized carbons (Fsp3) is 0.250. The van der Waals surface area contributed by atoms with Crippen molar-refractivity contribution in [3.05, 3.63) is 35.9 Å². The van der Waals surface area contributed by atoms with Crippen molar-refractivity contribution in [3.8, 4) is 0 Å². The van der Waals surface area contributed by atoms with Gasteiger partial charge in [-0.1, -0.05) is 36.4 Å². The number of hydrogen-bond acceptors (Lipinski definition) is 0. The molecule has 1 heteroatoms. The van der Waals surface area contributed by atoms with E-state index < -0.39 is 0 Å². The van der Waals surface area contributed by atoms with E-state index in [0.717, 1.165) is 6.42 Å². The third-order valence-corrected chi connectivity index (χ3v) is 0.933. The Balaban J connectivity index is 3.36. The van der Waals surface area contributed by atoms with Crippen molar-refractivity contribution in [3.63, 3.8) is 0 Å². The van der Waals surface area contributed by atoms with E-state index in [4.69, 9.17) is 11.6 Å². The molecule has 0 aliphatic heterocycles. The fourth-order valence-electron chi connectivity index (χ4n) is 0.411. The van der Waals surface area contributed by atoms with Gasteiger partial charge in [0.25, 0.3) is 0 Å². The van der Waals surface area contributed by atoms with Crippen molar-refractivity contribution in [1.82, 2.24) is 0 Å². The average molecular weight is 143 g/mol. The first-order valence-corrected chi connectivity index (χ1v) is 3.27. The summed E-state index contributed by atoms with van der Waals surface area (Å²) >= 11 is 5.45. The predicted octanol–water partition coefficient (Wildman–Crippen LogP) is 3.26. The smallest absolute Gasteiger partial charge is 0.0331 e. The van der Waals surface area contributed by atoms with Crippen LogP contribution in [0.3, 0.4) is 0 Å². The SMILES string of the molecule is C=C(Cl)/C=C\C/C=C\C. The molecule has 0 nitrogen and oxygen atoms in total. The van der Waals surface area contributed by atoms with Gasteiger partial charge in [0.1, 0.15) is 0 Å². The number of allylic oxidation sites excluding steroid dienone is 5. The molecule has 0 aromatic carbocycles. The Morgan fingerprint density at radius 2 is 2.22 bits per heavy atom. The van der Waals surface area contributed by atoms with Gasteiger partial charge in [-0.25, -0.2) is 0 Å². The molecule has 0 N–H and O–H groups in total. The normalized spacial score (nSPS) is 11.3. The molecule has 0 saturated heterocycles. The zero-order chi connectivity index (χ0) is 7.11. The van der Waals surface area contributed by atoms with Crippen LogP contribution in [0.15, 0.2) is 35.9 Å². The summed E-state index contributed by atoms with van der Waals surface area (Å²) in [5.41, 5.74) is 0. The Morgan fingerprint density at radius 3 is 2.67 bits per heavy atom. The van der Waals surface area contributed by atoms with Crippen LogP contribution in [0.4, 0.5) is 0 Å². The van der Waals surface area contributed by atoms with Crippen molar-refractivity contribution >= 4 is 11.6 Å². The van der Waals surface area contributed by atoms with Gasteiger partial charge in [0.2, 0.25) is 0 Å². The maximum Gasteiger partial charge on any atom is 0.0331 e. The second-order valence-corrected chi connectivity index (χ2v) is 2.14. The van der Waals surface area contributed by atoms with Crippen molar-refractivity contribution in [1.29, 1.82) is 0 Å². The molecule has 0 atom stereocenters. The van der Waals surface area contributed by atoms with Crippen LogP contribution in [0.2, 0.25) is 0 Å². The Labute approximate surface area is 61.5 Å². The lowest BCUT2D eigenvalue weighted by Gasteiger charge is -1.80. The number of hydrogen-bond donors (Lipinski definition) is 0. The summed E-state index contributed by atoms with van der Waals surface area (Å²) in [5.74, 6) is 0. The largest absolute Gasteiger partial charge is 0.0914 e. The molecule has 0 radical (unpaired) electrons. The fourth-order valence-corrected chi connectivity index (χ4v) is 0.500. The van der Waals surface area contributed by atoms with E-state index in [9.17, 15) is 0 Å². The molecular weight excluding hydrogens is 132 g/mol. The lowest BCUT2D eigenvalue weighted by Crippen LogP contribution is -1.58. The summed E-state index contributed by atoms with van der Waals surface area (Å²) in [6, 6.07) is 0. The lowest BCUT2D eigenvalue weighted by molar-refractivity contribution is 1.38. The predicted molar refractivity (Wildman–Crippen MR) is 43.6 cm³/mol. The first-order valence-electron chi connectivity index (χ1n) is 2.89. The summed E-state index contributed by atoms with van der Waals surface area (Å²) in [5, 5.41) is 0.583. The van der Waals surface area contributed by atoms with E-state index >= 15 is 0 Å². The molecule has 0 unspecified atom stereocenters. The first kappa shape index (κ1) is 8.51. The second-order valence-electron chi connectivity index (χ2n) is 1.65. The van der Waals surface area contributed by atoms with Crippen LogP contribution in [0.25, 0.3) is 0 Å². The van der Waals surface area contributed by atoms with Crippen molar-refractivity contribution < 1.29 is 0 Å². The Bertz CT molecular complexity index is 132. The van der Waals surface area contributed by atoms with E-state index in [1.54, 1.807) is 6.08 Å². The maximum atomic E-state index is 5.45. The highest BCUT2D eigenvalue weighted by Gasteiger charge is 1.73. The molecule has 0 bridgehead atoms. The van der Waals surface area contributed by atoms with E-state index in [-0.39, 0.29) is 0 Å². The highest BCUT2D eigenvalue weighted by Crippen LogP contribution is 1.98. The summed E-state index contributed by atoms with van der Waals surface area (Å²) < 4.78 is 0. The van der Waals surface area contributed by atoms with Gasteiger partial charge in [-0.15, -0.1) is 0 Å². The molecule has 0 aliphatic carbocycles. The number of rotatable bonds is 3. The monoisotopic (exact) mass is 142 g/mol. The van der Waals surface area contributed by atoms with Gasteiger partial charge in [0.05, 0.1) is 0 Å². The molecule has 0 fully saturated rings. The molecule has 0 aliphatic rings. The van der Waals surface area contributed by atoms with Crippen LogP contribution >= 0.6 is 11.6 Å². The quantitative estimate of drug-likeness (QED) is 0.419. The molecule has 0 aromatic rings. The van der Waals surface area contributed by atoms with Gasteiger partial charge in [-0.2, -0.15) is 0 Å². The minimum Gasteiger partial charge on any atom is -0.0914 e. The van der Waals surface area contributed by atoms with E-state index in [1.165, 1.54) is 0 Å². The minimum absolute atomic E-state index is 0.583. The van der Waals surface area contributed by atoms with Crippen LogP contribution in [0, 0.1) is 0 Å². The zero-order valence-electron chi connectivity index (χ0n) is 5.60. The van der Waals surface area contributed by atoms with Crippen molar-refractivity contribution in [2.45, 2.75) is 13.3 Å². The van der Waals surface area contributed by atoms with Crippen LogP contribution < -0.4 is 0 Å². The van der Waals surface area contributed by atoms with Crippen LogP contribution in [-0.4, -0.2) is 0 Å². The maximum absolute atomic E-state index is 5.45. The van der Waals surface area contributed by atoms with Crippen molar-refractivity contribution in [2.24, 2.45) is 0 Å². The van der Waals surface area contributed by atoms with Gasteiger partial charge in [0, 0.05) is 5.03 Å². The molecular formula is C8H11Cl. The van der Waals surface area contributed by atoms with Gasteiger partial charge in [-0.05, 0) is 19.4 Å². The highest BCUT2D eigenvalue weighted by atomic mass is 35.5. The van der Waals surface area contributed by atoms with Crippen LogP contribution in [0.1, 0.15) is 13.3 Å². The summed E-state index contributed by atoms with van der Waals surface area (Å²) in [4.78, 5) is 0. The third kappa shape index (κ3) is 7.51. The van der Waals surface area contributed by atoms with Crippen molar-refractivity contribution in [2.75, 3.05) is 0 Å². The molecule has 50 valence electrons. The summed E-state index contributed by atoms with van der Waals surface area (Å²) in [7, 11) is 0. The number of halogens is 1. The van der Waals surface area contributed by atoms with E-state index in [2.05, 4.69) is 12.7 Å². The summed E-state index contributed by atoms with van der Waals surface area (Å²) in [6.45, 7) is 5.50. The zero-order valence-corrected chi connectivity index (χ0v) is 6.36. The topological polar surface area (TPSA) is 0 Å². The Morgan fingerprint density at radius 1 is 1.56 bits per heavy atom. The molecule has 0 spiro atoms. The van der Waals surface area contributed by atoms with Gasteiger partial charge >= 0.3 is 0 Å². The standard InChI is InChI=1S/C8H11Cl/c1-3-4-5-6-7-8(2)9/h3-4,6-7H,2,5H2,1H3/b4-3-,7-6-. The van der Waals surface area contributed by atoms with Crippen LogP contribution in [-0.2, 0) is 0 Å². The molecule has 0 saturated carbocycles. The molecule has 0 rings (SSSR count).